The maximum Gasteiger partial charge on any atom is 0.143 e. The Bertz CT molecular complexity index is 433. The van der Waals surface area contributed by atoms with Gasteiger partial charge in [-0.2, -0.15) is 0 Å². The van der Waals surface area contributed by atoms with Crippen molar-refractivity contribution in [1.29, 1.82) is 0 Å². The minimum atomic E-state index is 0.195. The summed E-state index contributed by atoms with van der Waals surface area (Å²) in [4.78, 5) is 8.73. The van der Waals surface area contributed by atoms with Gasteiger partial charge in [0.2, 0.25) is 0 Å². The largest absolute Gasteiger partial charge is 0.506 e. The minimum absolute atomic E-state index is 0.195. The summed E-state index contributed by atoms with van der Waals surface area (Å²) in [5, 5.41) is 9.61. The van der Waals surface area contributed by atoms with Gasteiger partial charge in [-0.15, -0.1) is 0 Å². The summed E-state index contributed by atoms with van der Waals surface area (Å²) in [5.41, 5.74) is 3.34. The molecular formula is C11H12N2O. The SMILES string of the molecule is CC1=Nc2cccc(O)c2N=C(C)C1. The summed E-state index contributed by atoms with van der Waals surface area (Å²) in [6.07, 6.45) is 0.772. The summed E-state index contributed by atoms with van der Waals surface area (Å²) in [6, 6.07) is 5.27. The highest BCUT2D eigenvalue weighted by Gasteiger charge is 2.10. The van der Waals surface area contributed by atoms with Crippen LogP contribution in [0.15, 0.2) is 28.2 Å². The second-order valence-corrected chi connectivity index (χ2v) is 3.52. The van der Waals surface area contributed by atoms with E-state index in [2.05, 4.69) is 9.98 Å². The van der Waals surface area contributed by atoms with Crippen molar-refractivity contribution >= 4 is 22.8 Å². The average molecular weight is 188 g/mol. The fourth-order valence-corrected chi connectivity index (χ4v) is 1.57. The quantitative estimate of drug-likeness (QED) is 0.668. The lowest BCUT2D eigenvalue weighted by Crippen LogP contribution is -1.97. The van der Waals surface area contributed by atoms with Crippen molar-refractivity contribution in [2.24, 2.45) is 9.98 Å². The maximum absolute atomic E-state index is 9.61. The smallest absolute Gasteiger partial charge is 0.143 e. The topological polar surface area (TPSA) is 45.0 Å². The Hall–Kier alpha value is -1.64. The van der Waals surface area contributed by atoms with Crippen LogP contribution in [0.2, 0.25) is 0 Å². The zero-order valence-corrected chi connectivity index (χ0v) is 8.28. The fraction of sp³-hybridized carbons (Fsp3) is 0.273. The molecule has 0 bridgehead atoms. The molecule has 0 amide bonds. The molecule has 0 saturated heterocycles. The molecule has 0 fully saturated rings. The Morgan fingerprint density at radius 1 is 1.14 bits per heavy atom. The standard InChI is InChI=1S/C11H12N2O/c1-7-6-8(2)13-11-9(12-7)4-3-5-10(11)14/h3-5,14H,6H2,1-2H3. The number of aromatic hydroxyl groups is 1. The monoisotopic (exact) mass is 188 g/mol. The molecule has 0 saturated carbocycles. The number of hydrogen-bond donors (Lipinski definition) is 1. The second-order valence-electron chi connectivity index (χ2n) is 3.52. The number of rotatable bonds is 0. The van der Waals surface area contributed by atoms with Crippen LogP contribution < -0.4 is 0 Å². The van der Waals surface area contributed by atoms with Crippen molar-refractivity contribution in [2.45, 2.75) is 20.3 Å². The molecule has 0 radical (unpaired) electrons. The van der Waals surface area contributed by atoms with Crippen molar-refractivity contribution in [3.63, 3.8) is 0 Å². The van der Waals surface area contributed by atoms with Crippen molar-refractivity contribution in [3.05, 3.63) is 18.2 Å². The van der Waals surface area contributed by atoms with Crippen molar-refractivity contribution in [3.8, 4) is 5.75 Å². The van der Waals surface area contributed by atoms with Crippen LogP contribution in [0.5, 0.6) is 5.75 Å². The zero-order chi connectivity index (χ0) is 10.1. The van der Waals surface area contributed by atoms with E-state index in [4.69, 9.17) is 0 Å². The predicted octanol–water partition coefficient (Wildman–Crippen LogP) is 2.98. The number of phenols is 1. The molecule has 0 atom stereocenters. The third-order valence-electron chi connectivity index (χ3n) is 2.12. The van der Waals surface area contributed by atoms with Gasteiger partial charge >= 0.3 is 0 Å². The van der Waals surface area contributed by atoms with E-state index in [1.165, 1.54) is 0 Å². The van der Waals surface area contributed by atoms with Crippen LogP contribution in [-0.4, -0.2) is 16.5 Å². The van der Waals surface area contributed by atoms with Crippen molar-refractivity contribution < 1.29 is 5.11 Å². The molecule has 0 aromatic heterocycles. The molecule has 72 valence electrons. The average Bonchev–Trinajstić information content (AvgIpc) is 2.23. The van der Waals surface area contributed by atoms with E-state index >= 15 is 0 Å². The highest BCUT2D eigenvalue weighted by molar-refractivity contribution is 6.06. The number of para-hydroxylation sites is 1. The fourth-order valence-electron chi connectivity index (χ4n) is 1.57. The molecule has 1 heterocycles. The molecule has 0 aliphatic carbocycles. The van der Waals surface area contributed by atoms with Crippen LogP contribution in [0.4, 0.5) is 11.4 Å². The first-order chi connectivity index (χ1) is 6.66. The van der Waals surface area contributed by atoms with E-state index < -0.39 is 0 Å². The Kier molecular flexibility index (Phi) is 2.08. The Balaban J connectivity index is 2.67. The molecule has 0 spiro atoms. The Morgan fingerprint density at radius 2 is 1.86 bits per heavy atom. The first-order valence-electron chi connectivity index (χ1n) is 4.57. The van der Waals surface area contributed by atoms with Gasteiger partial charge in [0.25, 0.3) is 0 Å². The van der Waals surface area contributed by atoms with E-state index in [1.807, 2.05) is 19.9 Å². The van der Waals surface area contributed by atoms with Gasteiger partial charge in [0.05, 0.1) is 5.69 Å². The van der Waals surface area contributed by atoms with Crippen LogP contribution in [0.3, 0.4) is 0 Å². The van der Waals surface area contributed by atoms with Crippen LogP contribution in [0.1, 0.15) is 20.3 Å². The molecule has 1 aliphatic rings. The molecule has 2 rings (SSSR count). The lowest BCUT2D eigenvalue weighted by Gasteiger charge is -2.01. The molecule has 0 unspecified atom stereocenters. The molecule has 3 heteroatoms. The summed E-state index contributed by atoms with van der Waals surface area (Å²) in [5.74, 6) is 0.195. The highest BCUT2D eigenvalue weighted by atomic mass is 16.3. The van der Waals surface area contributed by atoms with Gasteiger partial charge in [0, 0.05) is 17.8 Å². The first-order valence-corrected chi connectivity index (χ1v) is 4.57. The molecule has 1 N–H and O–H groups in total. The number of benzene rings is 1. The third-order valence-corrected chi connectivity index (χ3v) is 2.12. The highest BCUT2D eigenvalue weighted by Crippen LogP contribution is 2.38. The Morgan fingerprint density at radius 3 is 2.64 bits per heavy atom. The van der Waals surface area contributed by atoms with Crippen molar-refractivity contribution in [1.82, 2.24) is 0 Å². The van der Waals surface area contributed by atoms with Gasteiger partial charge in [-0.3, -0.25) is 9.98 Å². The molecular weight excluding hydrogens is 176 g/mol. The lowest BCUT2D eigenvalue weighted by atomic mass is 10.2. The minimum Gasteiger partial charge on any atom is -0.506 e. The van der Waals surface area contributed by atoms with E-state index in [-0.39, 0.29) is 5.75 Å². The van der Waals surface area contributed by atoms with Crippen molar-refractivity contribution in [2.75, 3.05) is 0 Å². The predicted molar refractivity (Wildman–Crippen MR) is 58.3 cm³/mol. The molecule has 3 nitrogen and oxygen atoms in total. The third kappa shape index (κ3) is 1.53. The number of hydrogen-bond acceptors (Lipinski definition) is 3. The molecule has 14 heavy (non-hydrogen) atoms. The number of fused-ring (bicyclic) bond motifs is 1. The summed E-state index contributed by atoms with van der Waals surface area (Å²) in [7, 11) is 0. The number of phenolic OH excluding ortho intramolecular Hbond substituents is 1. The summed E-state index contributed by atoms with van der Waals surface area (Å²) < 4.78 is 0. The van der Waals surface area contributed by atoms with E-state index in [9.17, 15) is 5.11 Å². The van der Waals surface area contributed by atoms with E-state index in [1.54, 1.807) is 12.1 Å². The van der Waals surface area contributed by atoms with Crippen LogP contribution >= 0.6 is 0 Å². The van der Waals surface area contributed by atoms with Gasteiger partial charge < -0.3 is 5.11 Å². The van der Waals surface area contributed by atoms with Gasteiger partial charge in [-0.05, 0) is 26.0 Å². The van der Waals surface area contributed by atoms with E-state index in [0.717, 1.165) is 23.5 Å². The van der Waals surface area contributed by atoms with Gasteiger partial charge in [-0.25, -0.2) is 0 Å². The second kappa shape index (κ2) is 3.25. The summed E-state index contributed by atoms with van der Waals surface area (Å²) in [6.45, 7) is 3.92. The van der Waals surface area contributed by atoms with Gasteiger partial charge in [0.15, 0.2) is 0 Å². The maximum atomic E-state index is 9.61. The summed E-state index contributed by atoms with van der Waals surface area (Å²) >= 11 is 0. The van der Waals surface area contributed by atoms with Gasteiger partial charge in [-0.1, -0.05) is 6.07 Å². The molecule has 1 aromatic rings. The zero-order valence-electron chi connectivity index (χ0n) is 8.28. The lowest BCUT2D eigenvalue weighted by molar-refractivity contribution is 0.477. The van der Waals surface area contributed by atoms with Crippen LogP contribution in [0.25, 0.3) is 0 Å². The van der Waals surface area contributed by atoms with Crippen LogP contribution in [-0.2, 0) is 0 Å². The van der Waals surface area contributed by atoms with Gasteiger partial charge in [0.1, 0.15) is 11.4 Å². The molecule has 1 aromatic carbocycles. The normalized spacial score (nSPS) is 15.3. The number of nitrogens with zero attached hydrogens (tertiary/aromatic N) is 2. The van der Waals surface area contributed by atoms with Crippen LogP contribution in [0, 0.1) is 0 Å². The van der Waals surface area contributed by atoms with E-state index in [0.29, 0.717) is 5.69 Å². The first kappa shape index (κ1) is 8.94. The molecule has 1 aliphatic heterocycles. The number of aliphatic imine (C=N–C) groups is 2. The Labute approximate surface area is 82.8 Å².